The van der Waals surface area contributed by atoms with E-state index in [-0.39, 0.29) is 12.4 Å². The molecule has 0 aliphatic rings. The fraction of sp³-hybridized carbons (Fsp3) is 0.250. The number of hydrazone groups is 1. The number of para-hydroxylation sites is 1. The monoisotopic (exact) mass is 522 g/mol. The summed E-state index contributed by atoms with van der Waals surface area (Å²) >= 11 is 0. The number of nitrogens with one attached hydrogen (secondary N) is 1. The third-order valence-corrected chi connectivity index (χ3v) is 7.23. The molecule has 2 aromatic carbocycles. The number of carbonyl (C=O) groups excluding carboxylic acids is 1. The molecule has 200 valence electrons. The molecular formula is C32H34N4O3. The Bertz CT molecular complexity index is 1620. The van der Waals surface area contributed by atoms with Crippen molar-refractivity contribution in [2.24, 2.45) is 5.10 Å². The Morgan fingerprint density at radius 3 is 2.44 bits per heavy atom. The number of hydrogen-bond donors (Lipinski definition) is 1. The lowest BCUT2D eigenvalue weighted by molar-refractivity contribution is 0.0923. The molecule has 1 N–H and O–H groups in total. The van der Waals surface area contributed by atoms with Crippen LogP contribution in [0.25, 0.3) is 16.6 Å². The standard InChI is InChI=1S/C32H34N4O3/c1-6-21(2)36-24(5)29(28-9-7-8-10-30(28)36)19-33-34-32(37)31-18-17-27(39-31)20-38-26-15-13-25(14-16-26)35-22(3)11-12-23(35)4/h7-19,21H,6,20H2,1-5H3,(H,34,37)/b33-19+/t21-/m1/s1. The van der Waals surface area contributed by atoms with Crippen LogP contribution in [-0.4, -0.2) is 21.3 Å². The lowest BCUT2D eigenvalue weighted by atomic mass is 10.1. The quantitative estimate of drug-likeness (QED) is 0.163. The lowest BCUT2D eigenvalue weighted by Crippen LogP contribution is -2.17. The van der Waals surface area contributed by atoms with Gasteiger partial charge in [0.1, 0.15) is 18.1 Å². The average Bonchev–Trinajstić information content (AvgIpc) is 3.63. The molecule has 0 spiro atoms. The summed E-state index contributed by atoms with van der Waals surface area (Å²) in [7, 11) is 0. The molecule has 5 aromatic rings. The number of nitrogens with zero attached hydrogens (tertiary/aromatic N) is 3. The Balaban J connectivity index is 1.21. The molecular weight excluding hydrogens is 488 g/mol. The van der Waals surface area contributed by atoms with Gasteiger partial charge >= 0.3 is 5.91 Å². The van der Waals surface area contributed by atoms with E-state index in [0.717, 1.165) is 40.0 Å². The minimum absolute atomic E-state index is 0.179. The number of amides is 1. The van der Waals surface area contributed by atoms with Crippen molar-refractivity contribution in [3.05, 3.63) is 107 Å². The van der Waals surface area contributed by atoms with E-state index >= 15 is 0 Å². The van der Waals surface area contributed by atoms with Crippen LogP contribution < -0.4 is 10.2 Å². The number of fused-ring (bicyclic) bond motifs is 1. The van der Waals surface area contributed by atoms with Gasteiger partial charge in [0.2, 0.25) is 0 Å². The fourth-order valence-corrected chi connectivity index (χ4v) is 5.04. The molecule has 0 aliphatic heterocycles. The highest BCUT2D eigenvalue weighted by molar-refractivity contribution is 6.01. The molecule has 3 heterocycles. The third-order valence-electron chi connectivity index (χ3n) is 7.23. The van der Waals surface area contributed by atoms with E-state index in [9.17, 15) is 4.79 Å². The van der Waals surface area contributed by atoms with E-state index in [4.69, 9.17) is 9.15 Å². The van der Waals surface area contributed by atoms with Gasteiger partial charge in [-0.15, -0.1) is 0 Å². The molecule has 0 fully saturated rings. The Labute approximate surface area is 228 Å². The van der Waals surface area contributed by atoms with Crippen molar-refractivity contribution in [3.8, 4) is 11.4 Å². The zero-order valence-electron chi connectivity index (χ0n) is 23.1. The summed E-state index contributed by atoms with van der Waals surface area (Å²) in [5.74, 6) is 1.04. The summed E-state index contributed by atoms with van der Waals surface area (Å²) in [6, 6.07) is 24.1. The molecule has 5 rings (SSSR count). The second-order valence-electron chi connectivity index (χ2n) is 9.84. The van der Waals surface area contributed by atoms with Gasteiger partial charge in [-0.3, -0.25) is 4.79 Å². The van der Waals surface area contributed by atoms with Gasteiger partial charge in [-0.2, -0.15) is 5.10 Å². The van der Waals surface area contributed by atoms with Crippen LogP contribution in [0.5, 0.6) is 5.75 Å². The molecule has 7 nitrogen and oxygen atoms in total. The first-order valence-electron chi connectivity index (χ1n) is 13.3. The van der Waals surface area contributed by atoms with Gasteiger partial charge in [-0.1, -0.05) is 25.1 Å². The van der Waals surface area contributed by atoms with Crippen LogP contribution >= 0.6 is 0 Å². The number of furan rings is 1. The van der Waals surface area contributed by atoms with Gasteiger partial charge < -0.3 is 18.3 Å². The average molecular weight is 523 g/mol. The highest BCUT2D eigenvalue weighted by atomic mass is 16.5. The zero-order chi connectivity index (χ0) is 27.5. The number of carbonyl (C=O) groups is 1. The Morgan fingerprint density at radius 1 is 1.00 bits per heavy atom. The Kier molecular flexibility index (Phi) is 7.41. The molecule has 0 bridgehead atoms. The van der Waals surface area contributed by atoms with E-state index in [1.54, 1.807) is 18.3 Å². The predicted molar refractivity (Wildman–Crippen MR) is 155 cm³/mol. The molecule has 1 atom stereocenters. The van der Waals surface area contributed by atoms with Gasteiger partial charge in [0.15, 0.2) is 5.76 Å². The summed E-state index contributed by atoms with van der Waals surface area (Å²) in [5, 5.41) is 5.35. The summed E-state index contributed by atoms with van der Waals surface area (Å²) in [6.45, 7) is 10.9. The van der Waals surface area contributed by atoms with Crippen molar-refractivity contribution >= 4 is 23.0 Å². The molecule has 0 saturated heterocycles. The van der Waals surface area contributed by atoms with Crippen molar-refractivity contribution in [1.29, 1.82) is 0 Å². The van der Waals surface area contributed by atoms with Crippen LogP contribution in [0.2, 0.25) is 0 Å². The van der Waals surface area contributed by atoms with Crippen LogP contribution in [0.4, 0.5) is 0 Å². The summed E-state index contributed by atoms with van der Waals surface area (Å²) < 4.78 is 16.1. The van der Waals surface area contributed by atoms with Gasteiger partial charge in [0.05, 0.1) is 6.21 Å². The minimum Gasteiger partial charge on any atom is -0.486 e. The molecule has 0 aliphatic carbocycles. The van der Waals surface area contributed by atoms with Crippen LogP contribution in [0.15, 0.2) is 82.3 Å². The lowest BCUT2D eigenvalue weighted by Gasteiger charge is -2.15. The largest absolute Gasteiger partial charge is 0.486 e. The van der Waals surface area contributed by atoms with Crippen LogP contribution in [0.3, 0.4) is 0 Å². The van der Waals surface area contributed by atoms with Crippen molar-refractivity contribution in [2.45, 2.75) is 53.7 Å². The number of ether oxygens (including phenoxy) is 1. The molecule has 3 aromatic heterocycles. The van der Waals surface area contributed by atoms with E-state index in [0.29, 0.717) is 11.8 Å². The van der Waals surface area contributed by atoms with Crippen molar-refractivity contribution in [3.63, 3.8) is 0 Å². The number of hydrogen-bond acceptors (Lipinski definition) is 4. The fourth-order valence-electron chi connectivity index (χ4n) is 5.04. The smallest absolute Gasteiger partial charge is 0.307 e. The number of aromatic nitrogens is 2. The highest BCUT2D eigenvalue weighted by Crippen LogP contribution is 2.29. The van der Waals surface area contributed by atoms with Crippen molar-refractivity contribution < 1.29 is 13.9 Å². The molecule has 0 unspecified atom stereocenters. The first-order chi connectivity index (χ1) is 18.9. The van der Waals surface area contributed by atoms with E-state index in [1.807, 2.05) is 36.4 Å². The zero-order valence-corrected chi connectivity index (χ0v) is 23.1. The topological polar surface area (TPSA) is 73.7 Å². The normalized spacial score (nSPS) is 12.3. The second-order valence-corrected chi connectivity index (χ2v) is 9.84. The van der Waals surface area contributed by atoms with E-state index in [1.165, 1.54) is 11.4 Å². The Hall–Kier alpha value is -4.52. The van der Waals surface area contributed by atoms with Gasteiger partial charge in [0.25, 0.3) is 0 Å². The van der Waals surface area contributed by atoms with Crippen molar-refractivity contribution in [2.75, 3.05) is 0 Å². The van der Waals surface area contributed by atoms with E-state index in [2.05, 4.69) is 78.5 Å². The number of rotatable bonds is 9. The molecule has 7 heteroatoms. The maximum absolute atomic E-state index is 12.7. The van der Waals surface area contributed by atoms with Gasteiger partial charge in [-0.05, 0) is 88.7 Å². The molecule has 0 radical (unpaired) electrons. The van der Waals surface area contributed by atoms with Gasteiger partial charge in [0, 0.05) is 45.3 Å². The minimum atomic E-state index is -0.414. The molecule has 1 amide bonds. The van der Waals surface area contributed by atoms with Crippen LogP contribution in [0, 0.1) is 20.8 Å². The summed E-state index contributed by atoms with van der Waals surface area (Å²) in [4.78, 5) is 12.7. The summed E-state index contributed by atoms with van der Waals surface area (Å²) in [5.41, 5.74) is 9.31. The SMILES string of the molecule is CC[C@@H](C)n1c(C)c(/C=N/NC(=O)c2ccc(COc3ccc(-n4c(C)ccc4C)cc3)o2)c2ccccc21. The van der Waals surface area contributed by atoms with Gasteiger partial charge in [-0.25, -0.2) is 5.43 Å². The molecule has 0 saturated carbocycles. The highest BCUT2D eigenvalue weighted by Gasteiger charge is 2.16. The predicted octanol–water partition coefficient (Wildman–Crippen LogP) is 7.26. The first-order valence-corrected chi connectivity index (χ1v) is 13.3. The Morgan fingerprint density at radius 2 is 1.72 bits per heavy atom. The maximum Gasteiger partial charge on any atom is 0.307 e. The summed E-state index contributed by atoms with van der Waals surface area (Å²) in [6.07, 6.45) is 2.73. The maximum atomic E-state index is 12.7. The molecule has 39 heavy (non-hydrogen) atoms. The van der Waals surface area contributed by atoms with Crippen LogP contribution in [0.1, 0.15) is 65.3 Å². The van der Waals surface area contributed by atoms with E-state index < -0.39 is 5.91 Å². The van der Waals surface area contributed by atoms with Crippen LogP contribution in [-0.2, 0) is 6.61 Å². The number of benzene rings is 2. The third kappa shape index (κ3) is 5.25. The number of aryl methyl sites for hydroxylation is 2. The second kappa shape index (κ2) is 11.1. The first kappa shape index (κ1) is 26.1. The van der Waals surface area contributed by atoms with Crippen molar-refractivity contribution in [1.82, 2.24) is 14.6 Å².